The second-order valence-electron chi connectivity index (χ2n) is 9.54. The summed E-state index contributed by atoms with van der Waals surface area (Å²) in [4.78, 5) is 43.7. The molecule has 2 aromatic rings. The van der Waals surface area contributed by atoms with Crippen LogP contribution in [0.1, 0.15) is 44.2 Å². The zero-order chi connectivity index (χ0) is 26.4. The van der Waals surface area contributed by atoms with Gasteiger partial charge in [-0.25, -0.2) is 14.8 Å². The van der Waals surface area contributed by atoms with Crippen LogP contribution in [0.5, 0.6) is 5.75 Å². The molecule has 4 rings (SSSR count). The van der Waals surface area contributed by atoms with Crippen LogP contribution in [0, 0.1) is 0 Å². The molecule has 0 aliphatic carbocycles. The number of likely N-dealkylation sites (N-methyl/N-ethyl adjacent to an activating group) is 1. The van der Waals surface area contributed by atoms with E-state index >= 15 is 0 Å². The first-order chi connectivity index (χ1) is 17.9. The molecule has 2 aliphatic heterocycles. The van der Waals surface area contributed by atoms with E-state index in [0.717, 1.165) is 29.7 Å². The van der Waals surface area contributed by atoms with Crippen molar-refractivity contribution < 1.29 is 19.1 Å². The number of nitrogens with zero attached hydrogens (tertiary/aromatic N) is 4. The molecule has 0 radical (unpaired) electrons. The molecule has 1 N–H and O–H groups in total. The van der Waals surface area contributed by atoms with Crippen molar-refractivity contribution in [1.29, 1.82) is 0 Å². The maximum atomic E-state index is 13.6. The fourth-order valence-electron chi connectivity index (χ4n) is 5.05. The smallest absolute Gasteiger partial charge is 0.334 e. The number of ether oxygens (including phenoxy) is 1. The van der Waals surface area contributed by atoms with Gasteiger partial charge in [0.15, 0.2) is 0 Å². The lowest BCUT2D eigenvalue weighted by atomic mass is 10.0. The number of nitrogens with one attached hydrogen (secondary N) is 1. The van der Waals surface area contributed by atoms with Gasteiger partial charge in [0.25, 0.3) is 0 Å². The highest BCUT2D eigenvalue weighted by Gasteiger charge is 2.50. The highest BCUT2D eigenvalue weighted by Crippen LogP contribution is 2.29. The monoisotopic (exact) mass is 507 g/mol. The lowest BCUT2D eigenvalue weighted by Gasteiger charge is -2.54. The Morgan fingerprint density at radius 1 is 1.03 bits per heavy atom. The number of hydrazine groups is 1. The number of piperazine rings is 1. The van der Waals surface area contributed by atoms with Gasteiger partial charge >= 0.3 is 6.03 Å². The topological polar surface area (TPSA) is 85.4 Å². The van der Waals surface area contributed by atoms with Crippen molar-refractivity contribution in [3.05, 3.63) is 65.7 Å². The van der Waals surface area contributed by atoms with Gasteiger partial charge in [0, 0.05) is 20.1 Å². The highest BCUT2D eigenvalue weighted by atomic mass is 16.5. The van der Waals surface area contributed by atoms with Crippen LogP contribution < -0.4 is 10.1 Å². The normalized spacial score (nSPS) is 20.1. The summed E-state index contributed by atoms with van der Waals surface area (Å²) >= 11 is 0. The second kappa shape index (κ2) is 12.1. The number of benzene rings is 2. The van der Waals surface area contributed by atoms with Crippen molar-refractivity contribution in [2.24, 2.45) is 0 Å². The number of urea groups is 1. The molecule has 2 atom stereocenters. The van der Waals surface area contributed by atoms with Crippen molar-refractivity contribution >= 4 is 17.8 Å². The van der Waals surface area contributed by atoms with Gasteiger partial charge in [-0.15, -0.1) is 0 Å². The first-order valence-electron chi connectivity index (χ1n) is 13.1. The minimum atomic E-state index is -0.579. The van der Waals surface area contributed by atoms with Crippen LogP contribution in [-0.2, 0) is 22.7 Å². The molecular formula is C28H37N5O4. The number of carbonyl (C=O) groups is 3. The fourth-order valence-corrected chi connectivity index (χ4v) is 5.05. The average Bonchev–Trinajstić information content (AvgIpc) is 2.89. The predicted octanol–water partition coefficient (Wildman–Crippen LogP) is 3.21. The molecule has 0 aromatic heterocycles. The van der Waals surface area contributed by atoms with Crippen molar-refractivity contribution in [3.8, 4) is 5.75 Å². The lowest BCUT2D eigenvalue weighted by Crippen LogP contribution is -2.75. The molecular weight excluding hydrogens is 470 g/mol. The quantitative estimate of drug-likeness (QED) is 0.563. The first kappa shape index (κ1) is 26.5. The SMILES string of the molecule is CCCC[C@H]1C(=O)N(Cc2ccccc2)CC2N1C(=O)CN(C)N2C(=O)NCc1ccc(OCC)cc1. The third-order valence-electron chi connectivity index (χ3n) is 6.87. The standard InChI is InChI=1S/C28H37N5O4/c1-4-6-12-24-27(35)31(18-22-10-8-7-9-11-22)19-25-32(24)26(34)20-30(3)33(25)28(36)29-17-21-13-15-23(16-14-21)37-5-2/h7-11,13-16,24-25H,4-6,12,17-20H2,1-3H3,(H,29,36)/t24-,25?/m0/s1. The van der Waals surface area contributed by atoms with Gasteiger partial charge in [0.1, 0.15) is 18.0 Å². The Morgan fingerprint density at radius 2 is 1.76 bits per heavy atom. The number of carbonyl (C=O) groups excluding carboxylic acids is 3. The van der Waals surface area contributed by atoms with Gasteiger partial charge in [-0.2, -0.15) is 0 Å². The molecule has 37 heavy (non-hydrogen) atoms. The van der Waals surface area contributed by atoms with Gasteiger partial charge in [0.05, 0.1) is 19.7 Å². The van der Waals surface area contributed by atoms with Crippen molar-refractivity contribution in [2.75, 3.05) is 26.7 Å². The first-order valence-corrected chi connectivity index (χ1v) is 13.1. The van der Waals surface area contributed by atoms with Crippen LogP contribution >= 0.6 is 0 Å². The van der Waals surface area contributed by atoms with E-state index in [-0.39, 0.29) is 30.9 Å². The van der Waals surface area contributed by atoms with E-state index in [0.29, 0.717) is 26.1 Å². The Bertz CT molecular complexity index is 1080. The Balaban J connectivity index is 1.54. The van der Waals surface area contributed by atoms with E-state index < -0.39 is 12.2 Å². The molecule has 0 spiro atoms. The van der Waals surface area contributed by atoms with E-state index in [9.17, 15) is 14.4 Å². The van der Waals surface area contributed by atoms with E-state index in [2.05, 4.69) is 12.2 Å². The summed E-state index contributed by atoms with van der Waals surface area (Å²) in [6.45, 7) is 5.67. The van der Waals surface area contributed by atoms with Gasteiger partial charge in [-0.3, -0.25) is 9.59 Å². The molecule has 9 heteroatoms. The minimum Gasteiger partial charge on any atom is -0.494 e. The Labute approximate surface area is 218 Å². The van der Waals surface area contributed by atoms with Gasteiger partial charge in [-0.1, -0.05) is 62.2 Å². The fraction of sp³-hybridized carbons (Fsp3) is 0.464. The molecule has 0 saturated carbocycles. The average molecular weight is 508 g/mol. The van der Waals surface area contributed by atoms with E-state index in [1.54, 1.807) is 26.9 Å². The van der Waals surface area contributed by atoms with Crippen LogP contribution in [0.25, 0.3) is 0 Å². The lowest BCUT2D eigenvalue weighted by molar-refractivity contribution is -0.188. The number of unbranched alkanes of at least 4 members (excludes halogenated alkanes) is 1. The minimum absolute atomic E-state index is 0.0432. The second-order valence-corrected chi connectivity index (χ2v) is 9.54. The molecule has 2 fully saturated rings. The zero-order valence-electron chi connectivity index (χ0n) is 21.9. The molecule has 198 valence electrons. The van der Waals surface area contributed by atoms with Crippen LogP contribution in [0.4, 0.5) is 4.79 Å². The van der Waals surface area contributed by atoms with Crippen LogP contribution in [0.3, 0.4) is 0 Å². The molecule has 1 unspecified atom stereocenters. The number of amides is 4. The van der Waals surface area contributed by atoms with Crippen molar-refractivity contribution in [1.82, 2.24) is 25.1 Å². The molecule has 0 bridgehead atoms. The van der Waals surface area contributed by atoms with E-state index in [1.165, 1.54) is 0 Å². The maximum Gasteiger partial charge on any atom is 0.334 e. The number of rotatable bonds is 9. The van der Waals surface area contributed by atoms with Crippen LogP contribution in [0.2, 0.25) is 0 Å². The summed E-state index contributed by atoms with van der Waals surface area (Å²) < 4.78 is 5.49. The van der Waals surface area contributed by atoms with Gasteiger partial charge in [-0.05, 0) is 36.6 Å². The molecule has 2 saturated heterocycles. The Kier molecular flexibility index (Phi) is 8.66. The third kappa shape index (κ3) is 6.05. The zero-order valence-corrected chi connectivity index (χ0v) is 21.9. The molecule has 4 amide bonds. The molecule has 2 heterocycles. The van der Waals surface area contributed by atoms with Crippen LogP contribution in [-0.4, -0.2) is 76.6 Å². The summed E-state index contributed by atoms with van der Waals surface area (Å²) in [5.74, 6) is 0.601. The van der Waals surface area contributed by atoms with Crippen molar-refractivity contribution in [2.45, 2.75) is 58.4 Å². The Hall–Kier alpha value is -3.59. The number of hydrogen-bond donors (Lipinski definition) is 1. The molecule has 9 nitrogen and oxygen atoms in total. The van der Waals surface area contributed by atoms with E-state index in [1.807, 2.05) is 61.5 Å². The largest absolute Gasteiger partial charge is 0.494 e. The summed E-state index contributed by atoms with van der Waals surface area (Å²) in [6, 6.07) is 16.5. The van der Waals surface area contributed by atoms with Crippen LogP contribution in [0.15, 0.2) is 54.6 Å². The number of hydrogen-bond acceptors (Lipinski definition) is 5. The summed E-state index contributed by atoms with van der Waals surface area (Å²) in [7, 11) is 1.74. The van der Waals surface area contributed by atoms with Gasteiger partial charge in [0.2, 0.25) is 11.8 Å². The summed E-state index contributed by atoms with van der Waals surface area (Å²) in [6.07, 6.45) is 1.75. The third-order valence-corrected chi connectivity index (χ3v) is 6.87. The van der Waals surface area contributed by atoms with Gasteiger partial charge < -0.3 is 19.9 Å². The summed E-state index contributed by atoms with van der Waals surface area (Å²) in [5.41, 5.74) is 1.95. The number of fused-ring (bicyclic) bond motifs is 1. The molecule has 2 aliphatic rings. The maximum absolute atomic E-state index is 13.6. The molecule has 2 aromatic carbocycles. The van der Waals surface area contributed by atoms with Crippen molar-refractivity contribution in [3.63, 3.8) is 0 Å². The van der Waals surface area contributed by atoms with E-state index in [4.69, 9.17) is 4.74 Å². The highest BCUT2D eigenvalue weighted by molar-refractivity contribution is 5.91. The Morgan fingerprint density at radius 3 is 2.43 bits per heavy atom. The predicted molar refractivity (Wildman–Crippen MR) is 140 cm³/mol. The summed E-state index contributed by atoms with van der Waals surface area (Å²) in [5, 5.41) is 6.25.